The summed E-state index contributed by atoms with van der Waals surface area (Å²) >= 11 is 0. The third-order valence-electron chi connectivity index (χ3n) is 5.42. The minimum Gasteiger partial charge on any atom is -0.496 e. The highest BCUT2D eigenvalue weighted by atomic mass is 32.2. The molecule has 3 rings (SSSR count). The molecular formula is C26H28NO8S+. The van der Waals surface area contributed by atoms with E-state index < -0.39 is 21.8 Å². The van der Waals surface area contributed by atoms with Crippen molar-refractivity contribution in [2.75, 3.05) is 28.4 Å². The summed E-state index contributed by atoms with van der Waals surface area (Å²) in [4.78, 5) is 12.2. The predicted molar refractivity (Wildman–Crippen MR) is 133 cm³/mol. The van der Waals surface area contributed by atoms with Crippen LogP contribution in [0.2, 0.25) is 0 Å². The van der Waals surface area contributed by atoms with Crippen LogP contribution >= 0.6 is 0 Å². The molecule has 0 bridgehead atoms. The summed E-state index contributed by atoms with van der Waals surface area (Å²) in [6, 6.07) is 12.0. The van der Waals surface area contributed by atoms with Gasteiger partial charge in [0.15, 0.2) is 22.2 Å². The lowest BCUT2D eigenvalue weighted by Crippen LogP contribution is -2.44. The number of sulfone groups is 1. The summed E-state index contributed by atoms with van der Waals surface area (Å²) < 4.78 is 48.8. The summed E-state index contributed by atoms with van der Waals surface area (Å²) in [7, 11) is 2.09. The van der Waals surface area contributed by atoms with Crippen LogP contribution in [0.5, 0.6) is 23.0 Å². The van der Waals surface area contributed by atoms with Crippen LogP contribution in [0.3, 0.4) is 0 Å². The van der Waals surface area contributed by atoms with E-state index in [0.29, 0.717) is 39.7 Å². The Morgan fingerprint density at radius 1 is 0.917 bits per heavy atom. The third kappa shape index (κ3) is 6.14. The average Bonchev–Trinajstić information content (AvgIpc) is 2.87. The summed E-state index contributed by atoms with van der Waals surface area (Å²) in [6.07, 6.45) is 4.65. The Kier molecular flexibility index (Phi) is 8.55. The summed E-state index contributed by atoms with van der Waals surface area (Å²) in [5, 5.41) is 11.0. The van der Waals surface area contributed by atoms with Gasteiger partial charge in [-0.15, -0.1) is 0 Å². The number of aliphatic carboxylic acids is 1. The monoisotopic (exact) mass is 514 g/mol. The molecular weight excluding hydrogens is 486 g/mol. The van der Waals surface area contributed by atoms with Crippen molar-refractivity contribution in [3.05, 3.63) is 83.0 Å². The van der Waals surface area contributed by atoms with Gasteiger partial charge in [-0.3, -0.25) is 0 Å². The van der Waals surface area contributed by atoms with E-state index >= 15 is 0 Å². The van der Waals surface area contributed by atoms with E-state index in [1.54, 1.807) is 54.9 Å². The lowest BCUT2D eigenvalue weighted by atomic mass is 10.0. The fourth-order valence-electron chi connectivity index (χ4n) is 3.74. The van der Waals surface area contributed by atoms with Crippen LogP contribution in [0.4, 0.5) is 0 Å². The fourth-order valence-corrected chi connectivity index (χ4v) is 4.83. The minimum atomic E-state index is -3.76. The molecule has 1 unspecified atom stereocenters. The smallest absolute Gasteiger partial charge is 0.378 e. The van der Waals surface area contributed by atoms with Crippen LogP contribution in [-0.4, -0.2) is 47.9 Å². The second-order valence-corrected chi connectivity index (χ2v) is 9.58. The zero-order chi connectivity index (χ0) is 26.3. The Bertz CT molecular complexity index is 1330. The number of carboxylic acids is 1. The Morgan fingerprint density at radius 2 is 1.53 bits per heavy atom. The van der Waals surface area contributed by atoms with E-state index in [0.717, 1.165) is 5.41 Å². The number of methoxy groups -OCH3 is 4. The topological polar surface area (TPSA) is 112 Å². The van der Waals surface area contributed by atoms with E-state index in [1.807, 2.05) is 0 Å². The van der Waals surface area contributed by atoms with Crippen LogP contribution in [-0.2, 0) is 20.4 Å². The predicted octanol–water partition coefficient (Wildman–Crippen LogP) is 3.27. The van der Waals surface area contributed by atoms with E-state index in [4.69, 9.17) is 18.9 Å². The Morgan fingerprint density at radius 3 is 2.06 bits per heavy atom. The second-order valence-electron chi connectivity index (χ2n) is 7.70. The molecule has 1 heterocycles. The molecule has 0 radical (unpaired) electrons. The second kappa shape index (κ2) is 11.6. The van der Waals surface area contributed by atoms with Crippen molar-refractivity contribution in [3.63, 3.8) is 0 Å². The van der Waals surface area contributed by atoms with Crippen LogP contribution < -0.4 is 23.5 Å². The van der Waals surface area contributed by atoms with Gasteiger partial charge < -0.3 is 24.1 Å². The number of aromatic nitrogens is 1. The number of ether oxygens (including phenoxy) is 4. The SMILES string of the molecule is COc1cc(OC)c(/C=C/S(=O)(=O)Cc2ccc(OC)c(C(C(=O)O)[n+]3ccccc3)c2)c(OC)c1. The molecule has 0 saturated carbocycles. The lowest BCUT2D eigenvalue weighted by molar-refractivity contribution is -0.702. The van der Waals surface area contributed by atoms with Gasteiger partial charge in [-0.1, -0.05) is 12.1 Å². The third-order valence-corrected chi connectivity index (χ3v) is 6.71. The molecule has 2 aromatic carbocycles. The maximum atomic E-state index is 13.0. The molecule has 0 amide bonds. The maximum absolute atomic E-state index is 13.0. The van der Waals surface area contributed by atoms with Crippen molar-refractivity contribution in [2.24, 2.45) is 0 Å². The molecule has 1 aromatic heterocycles. The molecule has 1 N–H and O–H groups in total. The molecule has 0 aliphatic heterocycles. The normalized spacial score (nSPS) is 12.2. The first kappa shape index (κ1) is 26.6. The lowest BCUT2D eigenvalue weighted by Gasteiger charge is -2.14. The number of rotatable bonds is 11. The first-order valence-corrected chi connectivity index (χ1v) is 12.5. The molecule has 36 heavy (non-hydrogen) atoms. The van der Waals surface area contributed by atoms with Gasteiger partial charge in [0, 0.05) is 29.7 Å². The molecule has 0 aliphatic carbocycles. The first-order chi connectivity index (χ1) is 17.2. The molecule has 9 nitrogen and oxygen atoms in total. The number of benzene rings is 2. The minimum absolute atomic E-state index is 0.330. The standard InChI is InChI=1S/C26H27NO8S/c1-32-19-15-23(34-3)20(24(16-19)35-4)10-13-36(30,31)17-18-8-9-22(33-2)21(14-18)25(26(28)29)27-11-6-5-7-12-27/h5-16,25H,17H2,1-4H3/p+1/b13-10+. The highest BCUT2D eigenvalue weighted by Gasteiger charge is 2.32. The molecule has 0 fully saturated rings. The van der Waals surface area contributed by atoms with Crippen LogP contribution in [0.25, 0.3) is 6.08 Å². The zero-order valence-corrected chi connectivity index (χ0v) is 21.2. The molecule has 3 aromatic rings. The Balaban J connectivity index is 1.97. The van der Waals surface area contributed by atoms with Gasteiger partial charge in [0.1, 0.15) is 23.0 Å². The zero-order valence-electron chi connectivity index (χ0n) is 20.4. The van der Waals surface area contributed by atoms with Crippen LogP contribution in [0, 0.1) is 0 Å². The highest BCUT2D eigenvalue weighted by molar-refractivity contribution is 7.93. The molecule has 0 aliphatic rings. The quantitative estimate of drug-likeness (QED) is 0.388. The van der Waals surface area contributed by atoms with Gasteiger partial charge in [-0.25, -0.2) is 13.2 Å². The van der Waals surface area contributed by atoms with Gasteiger partial charge in [-0.05, 0) is 23.8 Å². The average molecular weight is 515 g/mol. The van der Waals surface area contributed by atoms with Crippen LogP contribution in [0.1, 0.15) is 22.7 Å². The van der Waals surface area contributed by atoms with Crippen LogP contribution in [0.15, 0.2) is 66.3 Å². The van der Waals surface area contributed by atoms with Crippen molar-refractivity contribution in [1.29, 1.82) is 0 Å². The number of nitrogens with zero attached hydrogens (tertiary/aromatic N) is 1. The van der Waals surface area contributed by atoms with E-state index in [-0.39, 0.29) is 5.75 Å². The summed E-state index contributed by atoms with van der Waals surface area (Å²) in [5.74, 6) is 0.139. The first-order valence-electron chi connectivity index (χ1n) is 10.8. The summed E-state index contributed by atoms with van der Waals surface area (Å²) in [6.45, 7) is 0. The molecule has 10 heteroatoms. The van der Waals surface area contributed by atoms with Gasteiger partial charge >= 0.3 is 5.97 Å². The van der Waals surface area contributed by atoms with Crippen molar-refractivity contribution in [1.82, 2.24) is 0 Å². The van der Waals surface area contributed by atoms with Crippen molar-refractivity contribution in [2.45, 2.75) is 11.8 Å². The van der Waals surface area contributed by atoms with Gasteiger partial charge in [0.2, 0.25) is 0 Å². The van der Waals surface area contributed by atoms with E-state index in [2.05, 4.69) is 0 Å². The van der Waals surface area contributed by atoms with E-state index in [1.165, 1.54) is 45.1 Å². The maximum Gasteiger partial charge on any atom is 0.378 e. The number of carbonyl (C=O) groups is 1. The van der Waals surface area contributed by atoms with Gasteiger partial charge in [-0.2, -0.15) is 4.57 Å². The van der Waals surface area contributed by atoms with Gasteiger partial charge in [0.25, 0.3) is 6.04 Å². The molecule has 0 spiro atoms. The fraction of sp³-hybridized carbons (Fsp3) is 0.231. The van der Waals surface area contributed by atoms with Crippen molar-refractivity contribution in [3.8, 4) is 23.0 Å². The number of hydrogen-bond donors (Lipinski definition) is 1. The molecule has 1 atom stereocenters. The molecule has 0 saturated heterocycles. The van der Waals surface area contributed by atoms with Crippen molar-refractivity contribution >= 4 is 21.9 Å². The van der Waals surface area contributed by atoms with Crippen molar-refractivity contribution < 1.29 is 41.8 Å². The molecule has 190 valence electrons. The summed E-state index contributed by atoms with van der Waals surface area (Å²) in [5.41, 5.74) is 1.18. The Hall–Kier alpha value is -4.05. The number of pyridine rings is 1. The number of carboxylic acid groups (broad SMARTS) is 1. The number of hydrogen-bond acceptors (Lipinski definition) is 7. The largest absolute Gasteiger partial charge is 0.496 e. The Labute approximate surface area is 210 Å². The van der Waals surface area contributed by atoms with Gasteiger partial charge in [0.05, 0.1) is 45.3 Å². The van der Waals surface area contributed by atoms with E-state index in [9.17, 15) is 18.3 Å². The highest BCUT2D eigenvalue weighted by Crippen LogP contribution is 2.35.